The number of aromatic nitrogens is 2. The third-order valence-corrected chi connectivity index (χ3v) is 3.38. The Morgan fingerprint density at radius 3 is 3.00 bits per heavy atom. The van der Waals surface area contributed by atoms with Crippen molar-refractivity contribution in [2.75, 3.05) is 5.73 Å². The fourth-order valence-electron chi connectivity index (χ4n) is 2.38. The molecule has 0 amide bonds. The van der Waals surface area contributed by atoms with Gasteiger partial charge in [-0.1, -0.05) is 6.07 Å². The first kappa shape index (κ1) is 8.07. The molecular formula is C15H15N3O3. The quantitative estimate of drug-likeness (QED) is 0.628. The molecule has 1 saturated carbocycles. The number of ketones is 2. The van der Waals surface area contributed by atoms with Gasteiger partial charge in [-0.05, 0) is 25.4 Å². The Bertz CT molecular complexity index is 1060. The first-order chi connectivity index (χ1) is 12.4. The van der Waals surface area contributed by atoms with Crippen LogP contribution in [0.25, 0.3) is 10.9 Å². The summed E-state index contributed by atoms with van der Waals surface area (Å²) in [7, 11) is 0. The third-order valence-electron chi connectivity index (χ3n) is 3.38. The van der Waals surface area contributed by atoms with E-state index in [-0.39, 0.29) is 36.1 Å². The summed E-state index contributed by atoms with van der Waals surface area (Å²) in [6.45, 7) is -2.97. The average Bonchev–Trinajstić information content (AvgIpc) is 2.55. The van der Waals surface area contributed by atoms with E-state index in [0.29, 0.717) is 4.57 Å². The van der Waals surface area contributed by atoms with E-state index >= 15 is 0 Å². The molecule has 1 unspecified atom stereocenters. The zero-order valence-corrected chi connectivity index (χ0v) is 10.9. The fourth-order valence-corrected chi connectivity index (χ4v) is 2.38. The van der Waals surface area contributed by atoms with Crippen LogP contribution < -0.4 is 11.3 Å². The molecule has 0 radical (unpaired) electrons. The number of benzene rings is 1. The summed E-state index contributed by atoms with van der Waals surface area (Å²) in [6.07, 6.45) is -1.14. The van der Waals surface area contributed by atoms with Crippen molar-refractivity contribution in [2.45, 2.75) is 32.1 Å². The van der Waals surface area contributed by atoms with Crippen molar-refractivity contribution in [1.82, 2.24) is 9.55 Å². The summed E-state index contributed by atoms with van der Waals surface area (Å²) in [6, 6.07) is -2.01. The number of aryl methyl sites for hydroxylation is 1. The Balaban J connectivity index is 2.50. The second-order valence-corrected chi connectivity index (χ2v) is 4.73. The lowest BCUT2D eigenvalue weighted by atomic mass is 9.92. The van der Waals surface area contributed by atoms with Gasteiger partial charge in [-0.2, -0.15) is 0 Å². The second-order valence-electron chi connectivity index (χ2n) is 4.73. The van der Waals surface area contributed by atoms with Crippen molar-refractivity contribution < 1.29 is 17.8 Å². The number of hydrogen-bond acceptors (Lipinski definition) is 5. The SMILES string of the molecule is [2H]c1cc([2H])c2nc(C([2H])([2H])[2H])n(C3([2H])CCC(=O)CC3=O)c(=O)c2c1N. The minimum absolute atomic E-state index is 0.169. The lowest BCUT2D eigenvalue weighted by Gasteiger charge is -2.24. The Morgan fingerprint density at radius 1 is 1.48 bits per heavy atom. The topological polar surface area (TPSA) is 95.0 Å². The molecule has 1 atom stereocenters. The highest BCUT2D eigenvalue weighted by Crippen LogP contribution is 2.24. The molecule has 1 aliphatic rings. The average molecular weight is 291 g/mol. The number of nitrogen functional groups attached to an aromatic ring is 1. The van der Waals surface area contributed by atoms with Crippen LogP contribution in [0.5, 0.6) is 0 Å². The number of fused-ring (bicyclic) bond motifs is 1. The molecule has 1 heterocycles. The summed E-state index contributed by atoms with van der Waals surface area (Å²) < 4.78 is 47.7. The van der Waals surface area contributed by atoms with Crippen molar-refractivity contribution in [3.8, 4) is 0 Å². The van der Waals surface area contributed by atoms with Gasteiger partial charge in [0.25, 0.3) is 5.56 Å². The lowest BCUT2D eigenvalue weighted by molar-refractivity contribution is -0.132. The number of rotatable bonds is 1. The summed E-state index contributed by atoms with van der Waals surface area (Å²) in [5.74, 6) is -2.15. The first-order valence-corrected chi connectivity index (χ1v) is 6.26. The van der Waals surface area contributed by atoms with Crippen LogP contribution in [0.1, 0.15) is 39.3 Å². The standard InChI is InChI=1S/C15H15N3O3/c1-8-17-11-4-2-3-10(16)14(11)15(21)18(8)12-6-5-9(19)7-13(12)20/h2-4,12H,5-7,16H2,1H3/i1D3,3D,4D,12D. The molecule has 21 heavy (non-hydrogen) atoms. The van der Waals surface area contributed by atoms with Crippen LogP contribution in [0.2, 0.25) is 0 Å². The molecule has 108 valence electrons. The Labute approximate surface area is 129 Å². The summed E-state index contributed by atoms with van der Waals surface area (Å²) in [5.41, 5.74) is 4.04. The minimum Gasteiger partial charge on any atom is -0.398 e. The fraction of sp³-hybridized carbons (Fsp3) is 0.333. The number of anilines is 1. The molecule has 0 bridgehead atoms. The summed E-state index contributed by atoms with van der Waals surface area (Å²) in [4.78, 5) is 41.0. The zero-order valence-electron chi connectivity index (χ0n) is 16.9. The van der Waals surface area contributed by atoms with Crippen LogP contribution in [0.4, 0.5) is 5.69 Å². The molecule has 1 fully saturated rings. The van der Waals surface area contributed by atoms with E-state index in [0.717, 1.165) is 6.07 Å². The van der Waals surface area contributed by atoms with Crippen LogP contribution in [-0.4, -0.2) is 21.1 Å². The van der Waals surface area contributed by atoms with Gasteiger partial charge in [-0.15, -0.1) is 0 Å². The molecule has 0 aliphatic heterocycles. The number of Topliss-reactive ketones (excluding diaryl/α,β-unsaturated/α-hetero) is 2. The maximum Gasteiger partial charge on any atom is 0.264 e. The zero-order chi connectivity index (χ0) is 20.3. The molecular weight excluding hydrogens is 270 g/mol. The van der Waals surface area contributed by atoms with Gasteiger partial charge in [0.05, 0.1) is 27.5 Å². The number of nitrogens with two attached hydrogens (primary N) is 1. The molecule has 2 N–H and O–H groups in total. The summed E-state index contributed by atoms with van der Waals surface area (Å²) in [5, 5.41) is -0.392. The molecule has 1 aromatic heterocycles. The monoisotopic (exact) mass is 291 g/mol. The number of nitrogens with zero attached hydrogens (tertiary/aromatic N) is 2. The maximum absolute atomic E-state index is 13.1. The van der Waals surface area contributed by atoms with Crippen LogP contribution in [-0.2, 0) is 9.59 Å². The van der Waals surface area contributed by atoms with Gasteiger partial charge in [-0.3, -0.25) is 19.0 Å². The molecule has 0 spiro atoms. The molecule has 3 rings (SSSR count). The number of carbonyl (C=O) groups is 2. The van der Waals surface area contributed by atoms with Crippen LogP contribution in [0.15, 0.2) is 22.9 Å². The Hall–Kier alpha value is -2.50. The minimum atomic E-state index is -2.97. The van der Waals surface area contributed by atoms with E-state index in [1.165, 1.54) is 0 Å². The van der Waals surface area contributed by atoms with Gasteiger partial charge < -0.3 is 5.73 Å². The van der Waals surface area contributed by atoms with E-state index in [2.05, 4.69) is 4.98 Å². The van der Waals surface area contributed by atoms with Crippen molar-refractivity contribution in [1.29, 1.82) is 0 Å². The molecule has 6 nitrogen and oxygen atoms in total. The predicted octanol–water partition coefficient (Wildman–Crippen LogP) is 1.15. The van der Waals surface area contributed by atoms with Crippen molar-refractivity contribution >= 4 is 28.2 Å². The highest BCUT2D eigenvalue weighted by Gasteiger charge is 2.30. The van der Waals surface area contributed by atoms with Gasteiger partial charge in [0.1, 0.15) is 11.6 Å². The second kappa shape index (κ2) is 4.80. The van der Waals surface area contributed by atoms with Crippen molar-refractivity contribution in [3.05, 3.63) is 34.3 Å². The van der Waals surface area contributed by atoms with Crippen LogP contribution in [0.3, 0.4) is 0 Å². The highest BCUT2D eigenvalue weighted by atomic mass is 16.2. The maximum atomic E-state index is 13.1. The van der Waals surface area contributed by atoms with Gasteiger partial charge >= 0.3 is 0 Å². The first-order valence-electron chi connectivity index (χ1n) is 9.26. The lowest BCUT2D eigenvalue weighted by Crippen LogP contribution is -2.36. The molecule has 1 aliphatic carbocycles. The van der Waals surface area contributed by atoms with Gasteiger partial charge in [0.2, 0.25) is 0 Å². The van der Waals surface area contributed by atoms with E-state index in [1.807, 2.05) is 0 Å². The Morgan fingerprint density at radius 2 is 2.29 bits per heavy atom. The van der Waals surface area contributed by atoms with E-state index in [9.17, 15) is 14.4 Å². The predicted molar refractivity (Wildman–Crippen MR) is 78.1 cm³/mol. The van der Waals surface area contributed by atoms with E-state index in [4.69, 9.17) is 14.0 Å². The van der Waals surface area contributed by atoms with Crippen molar-refractivity contribution in [3.63, 3.8) is 0 Å². The molecule has 6 heteroatoms. The number of hydrogen-bond donors (Lipinski definition) is 1. The van der Waals surface area contributed by atoms with Gasteiger partial charge in [-0.25, -0.2) is 4.98 Å². The van der Waals surface area contributed by atoms with Crippen molar-refractivity contribution in [2.24, 2.45) is 0 Å². The van der Waals surface area contributed by atoms with Crippen LogP contribution in [0, 0.1) is 6.85 Å². The molecule has 0 saturated heterocycles. The third kappa shape index (κ3) is 2.12. The van der Waals surface area contributed by atoms with E-state index < -0.39 is 47.6 Å². The molecule has 1 aromatic carbocycles. The number of carbonyl (C=O) groups excluding carboxylic acids is 2. The smallest absolute Gasteiger partial charge is 0.264 e. The highest BCUT2D eigenvalue weighted by molar-refractivity contribution is 6.03. The van der Waals surface area contributed by atoms with E-state index in [1.54, 1.807) is 0 Å². The van der Waals surface area contributed by atoms with Gasteiger partial charge in [0, 0.05) is 16.2 Å². The largest absolute Gasteiger partial charge is 0.398 e. The van der Waals surface area contributed by atoms with Gasteiger partial charge in [0.15, 0.2) is 5.78 Å². The van der Waals surface area contributed by atoms with Crippen LogP contribution >= 0.6 is 0 Å². The summed E-state index contributed by atoms with van der Waals surface area (Å²) >= 11 is 0. The molecule has 2 aromatic rings. The normalized spacial score (nSPS) is 27.4. The Kier molecular flexibility index (Phi) is 1.84.